The van der Waals surface area contributed by atoms with Gasteiger partial charge in [-0.15, -0.1) is 0 Å². The highest BCUT2D eigenvalue weighted by Gasteiger charge is 2.23. The SMILES string of the molecule is CCCCCCCCOc1ccc(C(=O)Oc2ccccc2OC(CCC)CCCC)c(F)c1F. The Labute approximate surface area is 209 Å². The third-order valence-electron chi connectivity index (χ3n) is 5.86. The lowest BCUT2D eigenvalue weighted by molar-refractivity contribution is 0.0714. The highest BCUT2D eigenvalue weighted by Crippen LogP contribution is 2.31. The number of hydrogen-bond donors (Lipinski definition) is 0. The molecule has 2 rings (SSSR count). The first kappa shape index (κ1) is 28.6. The van der Waals surface area contributed by atoms with Crippen LogP contribution in [0.3, 0.4) is 0 Å². The fourth-order valence-electron chi connectivity index (χ4n) is 3.85. The van der Waals surface area contributed by atoms with Gasteiger partial charge in [-0.05, 0) is 43.5 Å². The van der Waals surface area contributed by atoms with Crippen LogP contribution >= 0.6 is 0 Å². The number of ether oxygens (including phenoxy) is 3. The van der Waals surface area contributed by atoms with Crippen LogP contribution in [0.25, 0.3) is 0 Å². The average Bonchev–Trinajstić information content (AvgIpc) is 2.85. The van der Waals surface area contributed by atoms with Gasteiger partial charge in [-0.3, -0.25) is 0 Å². The molecule has 0 spiro atoms. The number of carbonyl (C=O) groups is 1. The van der Waals surface area contributed by atoms with Crippen LogP contribution in [0.1, 0.15) is 102 Å². The smallest absolute Gasteiger partial charge is 0.346 e. The van der Waals surface area contributed by atoms with Crippen LogP contribution in [0.2, 0.25) is 0 Å². The van der Waals surface area contributed by atoms with Gasteiger partial charge < -0.3 is 14.2 Å². The third-order valence-corrected chi connectivity index (χ3v) is 5.86. The van der Waals surface area contributed by atoms with E-state index in [4.69, 9.17) is 14.2 Å². The molecule has 0 aromatic heterocycles. The minimum atomic E-state index is -1.28. The van der Waals surface area contributed by atoms with Crippen molar-refractivity contribution in [3.8, 4) is 17.2 Å². The van der Waals surface area contributed by atoms with E-state index in [1.54, 1.807) is 24.3 Å². The van der Waals surface area contributed by atoms with Gasteiger partial charge in [-0.25, -0.2) is 9.18 Å². The maximum atomic E-state index is 14.7. The maximum Gasteiger partial charge on any atom is 0.346 e. The lowest BCUT2D eigenvalue weighted by atomic mass is 10.1. The van der Waals surface area contributed by atoms with Gasteiger partial charge in [0.15, 0.2) is 23.1 Å². The largest absolute Gasteiger partial charge is 0.490 e. The second-order valence-corrected chi connectivity index (χ2v) is 8.86. The minimum Gasteiger partial charge on any atom is -0.490 e. The Hall–Kier alpha value is -2.63. The van der Waals surface area contributed by atoms with Gasteiger partial charge in [0.2, 0.25) is 5.82 Å². The molecule has 1 atom stereocenters. The Kier molecular flexibility index (Phi) is 13.2. The van der Waals surface area contributed by atoms with E-state index in [2.05, 4.69) is 20.8 Å². The molecule has 194 valence electrons. The van der Waals surface area contributed by atoms with Crippen molar-refractivity contribution in [3.63, 3.8) is 0 Å². The van der Waals surface area contributed by atoms with Crippen LogP contribution in [0.15, 0.2) is 36.4 Å². The normalized spacial score (nSPS) is 11.8. The summed E-state index contributed by atoms with van der Waals surface area (Å²) < 4.78 is 46.2. The summed E-state index contributed by atoms with van der Waals surface area (Å²) in [6, 6.07) is 9.26. The van der Waals surface area contributed by atoms with Crippen molar-refractivity contribution in [1.82, 2.24) is 0 Å². The third kappa shape index (κ3) is 9.50. The number of para-hydroxylation sites is 2. The Morgan fingerprint density at radius 3 is 2.14 bits per heavy atom. The van der Waals surface area contributed by atoms with Crippen LogP contribution in [0, 0.1) is 11.6 Å². The zero-order chi connectivity index (χ0) is 25.5. The number of halogens is 2. The van der Waals surface area contributed by atoms with Gasteiger partial charge in [0.05, 0.1) is 18.3 Å². The summed E-state index contributed by atoms with van der Waals surface area (Å²) in [6.07, 6.45) is 11.2. The molecule has 35 heavy (non-hydrogen) atoms. The van der Waals surface area contributed by atoms with E-state index in [1.165, 1.54) is 31.4 Å². The molecule has 0 radical (unpaired) electrons. The minimum absolute atomic E-state index is 0.00272. The number of rotatable bonds is 17. The fourth-order valence-corrected chi connectivity index (χ4v) is 3.85. The molecule has 1 unspecified atom stereocenters. The van der Waals surface area contributed by atoms with Crippen molar-refractivity contribution in [1.29, 1.82) is 0 Å². The summed E-state index contributed by atoms with van der Waals surface area (Å²) in [4.78, 5) is 12.7. The molecule has 0 bridgehead atoms. The number of esters is 1. The Morgan fingerprint density at radius 2 is 1.43 bits per heavy atom. The van der Waals surface area contributed by atoms with Gasteiger partial charge in [0, 0.05) is 0 Å². The number of carbonyl (C=O) groups excluding carboxylic acids is 1. The van der Waals surface area contributed by atoms with E-state index in [0.29, 0.717) is 12.4 Å². The zero-order valence-corrected chi connectivity index (χ0v) is 21.4. The van der Waals surface area contributed by atoms with Crippen molar-refractivity contribution in [2.45, 2.75) is 97.5 Å². The maximum absolute atomic E-state index is 14.7. The molecule has 2 aromatic rings. The van der Waals surface area contributed by atoms with E-state index >= 15 is 0 Å². The molecule has 0 aliphatic heterocycles. The standard InChI is InChI=1S/C29H40F2O4/c1-4-7-9-10-11-14-21-33-26-20-19-23(27(30)28(26)31)29(32)35-25-18-13-12-17-24(25)34-22(15-6-3)16-8-5-2/h12-13,17-20,22H,4-11,14-16,21H2,1-3H3. The summed E-state index contributed by atoms with van der Waals surface area (Å²) in [7, 11) is 0. The number of benzene rings is 2. The van der Waals surface area contributed by atoms with Crippen molar-refractivity contribution < 1.29 is 27.8 Å². The topological polar surface area (TPSA) is 44.8 Å². The van der Waals surface area contributed by atoms with Gasteiger partial charge in [0.25, 0.3) is 0 Å². The van der Waals surface area contributed by atoms with E-state index in [9.17, 15) is 13.6 Å². The first-order chi connectivity index (χ1) is 17.0. The Morgan fingerprint density at radius 1 is 0.743 bits per heavy atom. The molecule has 0 N–H and O–H groups in total. The van der Waals surface area contributed by atoms with E-state index in [0.717, 1.165) is 51.4 Å². The van der Waals surface area contributed by atoms with Crippen LogP contribution < -0.4 is 14.2 Å². The highest BCUT2D eigenvalue weighted by molar-refractivity contribution is 5.91. The van der Waals surface area contributed by atoms with Crippen molar-refractivity contribution in [2.75, 3.05) is 6.61 Å². The van der Waals surface area contributed by atoms with Crippen molar-refractivity contribution in [3.05, 3.63) is 53.6 Å². The molecule has 2 aromatic carbocycles. The van der Waals surface area contributed by atoms with Crippen molar-refractivity contribution in [2.24, 2.45) is 0 Å². The van der Waals surface area contributed by atoms with Gasteiger partial charge in [-0.1, -0.05) is 84.3 Å². The van der Waals surface area contributed by atoms with E-state index in [1.807, 2.05) is 0 Å². The molecule has 6 heteroatoms. The Bertz CT molecular complexity index is 900. The molecule has 0 amide bonds. The molecule has 0 aliphatic carbocycles. The summed E-state index contributed by atoms with van der Waals surface area (Å²) >= 11 is 0. The predicted octanol–water partition coefficient (Wildman–Crippen LogP) is 8.66. The second kappa shape index (κ2) is 16.1. The van der Waals surface area contributed by atoms with Crippen LogP contribution in [-0.2, 0) is 0 Å². The van der Waals surface area contributed by atoms with Crippen molar-refractivity contribution >= 4 is 5.97 Å². The van der Waals surface area contributed by atoms with Crippen LogP contribution in [-0.4, -0.2) is 18.7 Å². The number of hydrogen-bond acceptors (Lipinski definition) is 4. The first-order valence-electron chi connectivity index (χ1n) is 13.1. The zero-order valence-electron chi connectivity index (χ0n) is 21.4. The molecule has 4 nitrogen and oxygen atoms in total. The van der Waals surface area contributed by atoms with Crippen LogP contribution in [0.5, 0.6) is 17.2 Å². The molecule has 0 saturated heterocycles. The molecule has 0 saturated carbocycles. The summed E-state index contributed by atoms with van der Waals surface area (Å²) in [6.45, 7) is 6.67. The molecule has 0 aliphatic rings. The summed E-state index contributed by atoms with van der Waals surface area (Å²) in [5.74, 6) is -3.05. The predicted molar refractivity (Wildman–Crippen MR) is 135 cm³/mol. The summed E-state index contributed by atoms with van der Waals surface area (Å²) in [5.41, 5.74) is -0.486. The highest BCUT2D eigenvalue weighted by atomic mass is 19.2. The van der Waals surface area contributed by atoms with E-state index in [-0.39, 0.29) is 17.6 Å². The summed E-state index contributed by atoms with van der Waals surface area (Å²) in [5, 5.41) is 0. The average molecular weight is 491 g/mol. The number of unbranched alkanes of at least 4 members (excludes halogenated alkanes) is 6. The quantitative estimate of drug-likeness (QED) is 0.126. The van der Waals surface area contributed by atoms with E-state index < -0.39 is 23.2 Å². The van der Waals surface area contributed by atoms with Gasteiger partial charge in [-0.2, -0.15) is 4.39 Å². The van der Waals surface area contributed by atoms with Crippen LogP contribution in [0.4, 0.5) is 8.78 Å². The Balaban J connectivity index is 2.02. The lowest BCUT2D eigenvalue weighted by Gasteiger charge is -2.20. The van der Waals surface area contributed by atoms with Gasteiger partial charge in [0.1, 0.15) is 0 Å². The lowest BCUT2D eigenvalue weighted by Crippen LogP contribution is -2.18. The monoisotopic (exact) mass is 490 g/mol. The molecule has 0 fully saturated rings. The second-order valence-electron chi connectivity index (χ2n) is 8.86. The fraction of sp³-hybridized carbons (Fsp3) is 0.552. The van der Waals surface area contributed by atoms with Gasteiger partial charge >= 0.3 is 5.97 Å². The molecular weight excluding hydrogens is 450 g/mol. The first-order valence-corrected chi connectivity index (χ1v) is 13.1. The molecule has 0 heterocycles. The molecular formula is C29H40F2O4.